The number of hydrogen-bond donors (Lipinski definition) is 7. The zero-order chi connectivity index (χ0) is 43.8. The minimum absolute atomic E-state index is 0.0543. The van der Waals surface area contributed by atoms with Gasteiger partial charge in [0.15, 0.2) is 0 Å². The maximum Gasteiger partial charge on any atom is 0.326 e. The molecule has 0 radical (unpaired) electrons. The molecule has 3 aromatic carbocycles. The molecule has 10 N–H and O–H groups in total. The van der Waals surface area contributed by atoms with E-state index in [9.17, 15) is 29.1 Å². The summed E-state index contributed by atoms with van der Waals surface area (Å²) in [6.07, 6.45) is 8.00. The van der Waals surface area contributed by atoms with Crippen molar-refractivity contribution in [3.63, 3.8) is 0 Å². The summed E-state index contributed by atoms with van der Waals surface area (Å²) in [6.45, 7) is 6.27. The number of carbonyl (C=O) groups excluding carboxylic acids is 4. The third-order valence-electron chi connectivity index (χ3n) is 10.6. The quantitative estimate of drug-likeness (QED) is 0.0813. The Balaban J connectivity index is 1.74. The zero-order valence-electron chi connectivity index (χ0n) is 35.4. The Morgan fingerprint density at radius 2 is 1.50 bits per heavy atom. The minimum Gasteiger partial charge on any atom is -0.492 e. The van der Waals surface area contributed by atoms with Gasteiger partial charge in [-0.25, -0.2) is 4.79 Å². The lowest BCUT2D eigenvalue weighted by molar-refractivity contribution is -0.143. The van der Waals surface area contributed by atoms with Crippen LogP contribution in [0.1, 0.15) is 97.4 Å². The van der Waals surface area contributed by atoms with Gasteiger partial charge in [0.25, 0.3) is 5.91 Å². The van der Waals surface area contributed by atoms with Gasteiger partial charge >= 0.3 is 5.97 Å². The third kappa shape index (κ3) is 12.7. The number of carbonyl (C=O) groups is 5. The van der Waals surface area contributed by atoms with Crippen molar-refractivity contribution in [2.75, 3.05) is 39.9 Å². The van der Waals surface area contributed by atoms with E-state index in [0.29, 0.717) is 39.3 Å². The van der Waals surface area contributed by atoms with E-state index in [-0.39, 0.29) is 45.7 Å². The number of likely N-dealkylation sites (N-methyl/N-ethyl adjacent to an activating group) is 1. The van der Waals surface area contributed by atoms with Gasteiger partial charge in [0.2, 0.25) is 17.7 Å². The lowest BCUT2D eigenvalue weighted by atomic mass is 9.93. The van der Waals surface area contributed by atoms with Crippen LogP contribution in [-0.4, -0.2) is 97.6 Å². The smallest absolute Gasteiger partial charge is 0.326 e. The number of unbranched alkanes of at least 4 members (excludes halogenated alkanes) is 5. The molecule has 15 nitrogen and oxygen atoms in total. The van der Waals surface area contributed by atoms with Crippen LogP contribution >= 0.6 is 0 Å². The van der Waals surface area contributed by atoms with Crippen molar-refractivity contribution in [3.05, 3.63) is 82.4 Å². The lowest BCUT2D eigenvalue weighted by Gasteiger charge is -2.32. The van der Waals surface area contributed by atoms with Gasteiger partial charge in [0.1, 0.15) is 48.9 Å². The van der Waals surface area contributed by atoms with Crippen LogP contribution in [0.15, 0.2) is 54.6 Å². The van der Waals surface area contributed by atoms with Gasteiger partial charge in [-0.05, 0) is 92.2 Å². The highest BCUT2D eigenvalue weighted by Gasteiger charge is 2.36. The fourth-order valence-electron chi connectivity index (χ4n) is 7.35. The van der Waals surface area contributed by atoms with Crippen LogP contribution in [-0.2, 0) is 32.0 Å². The summed E-state index contributed by atoms with van der Waals surface area (Å²) in [5.41, 5.74) is 21.8. The van der Waals surface area contributed by atoms with Crippen molar-refractivity contribution in [3.8, 4) is 22.6 Å². The van der Waals surface area contributed by atoms with Gasteiger partial charge in [-0.3, -0.25) is 19.2 Å². The van der Waals surface area contributed by atoms with Crippen molar-refractivity contribution in [1.82, 2.24) is 20.9 Å². The van der Waals surface area contributed by atoms with Gasteiger partial charge in [-0.1, -0.05) is 63.3 Å². The van der Waals surface area contributed by atoms with Crippen LogP contribution in [0, 0.1) is 6.92 Å². The predicted molar refractivity (Wildman–Crippen MR) is 231 cm³/mol. The lowest BCUT2D eigenvalue weighted by Crippen LogP contribution is -2.55. The molecule has 0 saturated carbocycles. The van der Waals surface area contributed by atoms with Crippen molar-refractivity contribution >= 4 is 29.6 Å². The average molecular weight is 830 g/mol. The topological polar surface area (TPSA) is 241 Å². The highest BCUT2D eigenvalue weighted by atomic mass is 16.5. The molecule has 326 valence electrons. The molecular formula is C45H63N7O8. The summed E-state index contributed by atoms with van der Waals surface area (Å²) in [4.78, 5) is 69.7. The van der Waals surface area contributed by atoms with Gasteiger partial charge in [0, 0.05) is 43.2 Å². The molecule has 4 amide bonds. The van der Waals surface area contributed by atoms with E-state index in [4.69, 9.17) is 26.7 Å². The number of rotatable bonds is 20. The molecule has 15 heteroatoms. The number of aliphatic carboxylic acids is 1. The minimum atomic E-state index is -1.36. The molecule has 4 bridgehead atoms. The van der Waals surface area contributed by atoms with Crippen LogP contribution in [0.25, 0.3) is 11.1 Å². The first-order valence-corrected chi connectivity index (χ1v) is 21.0. The van der Waals surface area contributed by atoms with Crippen molar-refractivity contribution < 1.29 is 38.6 Å². The van der Waals surface area contributed by atoms with Crippen LogP contribution < -0.4 is 42.6 Å². The average Bonchev–Trinajstić information content (AvgIpc) is 3.22. The maximum absolute atomic E-state index is 14.5. The summed E-state index contributed by atoms with van der Waals surface area (Å²) in [5, 5.41) is 18.2. The summed E-state index contributed by atoms with van der Waals surface area (Å²) in [5.74, 6) is -3.02. The van der Waals surface area contributed by atoms with Crippen LogP contribution in [0.3, 0.4) is 0 Å². The number of nitrogens with one attached hydrogen (secondary N) is 3. The van der Waals surface area contributed by atoms with Gasteiger partial charge in [-0.2, -0.15) is 0 Å². The molecule has 0 fully saturated rings. The molecule has 0 spiro atoms. The normalized spacial score (nSPS) is 17.1. The number of hydrogen-bond acceptors (Lipinski definition) is 10. The molecule has 4 atom stereocenters. The molecule has 4 rings (SSSR count). The second-order valence-corrected chi connectivity index (χ2v) is 15.3. The first-order valence-electron chi connectivity index (χ1n) is 21.0. The van der Waals surface area contributed by atoms with E-state index in [0.717, 1.165) is 30.4 Å². The van der Waals surface area contributed by atoms with E-state index < -0.39 is 53.8 Å². The Kier molecular flexibility index (Phi) is 18.3. The first kappa shape index (κ1) is 47.2. The summed E-state index contributed by atoms with van der Waals surface area (Å²) < 4.78 is 12.1. The number of benzene rings is 3. The number of amides is 4. The molecular weight excluding hydrogens is 767 g/mol. The molecule has 0 aromatic heterocycles. The molecule has 1 heterocycles. The summed E-state index contributed by atoms with van der Waals surface area (Å²) in [7, 11) is 1.44. The van der Waals surface area contributed by atoms with E-state index in [2.05, 4.69) is 22.9 Å². The second kappa shape index (κ2) is 23.3. The Morgan fingerprint density at radius 3 is 2.13 bits per heavy atom. The van der Waals surface area contributed by atoms with E-state index in [1.165, 1.54) is 44.6 Å². The van der Waals surface area contributed by atoms with Gasteiger partial charge < -0.3 is 52.6 Å². The van der Waals surface area contributed by atoms with Crippen LogP contribution in [0.4, 0.5) is 0 Å². The molecule has 0 aliphatic carbocycles. The largest absolute Gasteiger partial charge is 0.492 e. The van der Waals surface area contributed by atoms with E-state index in [1.54, 1.807) is 42.5 Å². The molecule has 0 saturated heterocycles. The highest BCUT2D eigenvalue weighted by molar-refractivity contribution is 6.00. The van der Waals surface area contributed by atoms with Crippen LogP contribution in [0.2, 0.25) is 0 Å². The number of ether oxygens (including phenoxy) is 2. The molecule has 1 aliphatic heterocycles. The van der Waals surface area contributed by atoms with Crippen molar-refractivity contribution in [1.29, 1.82) is 0 Å². The monoisotopic (exact) mass is 829 g/mol. The number of nitrogens with two attached hydrogens (primary N) is 3. The first-order chi connectivity index (χ1) is 28.8. The van der Waals surface area contributed by atoms with Gasteiger partial charge in [0.05, 0.1) is 0 Å². The number of fused-ring (bicyclic) bond motifs is 5. The molecule has 1 aliphatic rings. The second-order valence-electron chi connectivity index (χ2n) is 15.3. The fraction of sp³-hybridized carbons (Fsp3) is 0.489. The summed E-state index contributed by atoms with van der Waals surface area (Å²) in [6, 6.07) is 10.8. The molecule has 3 aromatic rings. The number of carboxylic acids is 1. The summed E-state index contributed by atoms with van der Waals surface area (Å²) >= 11 is 0. The zero-order valence-corrected chi connectivity index (χ0v) is 35.4. The van der Waals surface area contributed by atoms with Crippen molar-refractivity contribution in [2.45, 2.75) is 103 Å². The third-order valence-corrected chi connectivity index (χ3v) is 10.6. The van der Waals surface area contributed by atoms with Crippen LogP contribution in [0.5, 0.6) is 11.5 Å². The number of nitrogens with zero attached hydrogens (tertiary/aromatic N) is 1. The predicted octanol–water partition coefficient (Wildman–Crippen LogP) is 3.52. The van der Waals surface area contributed by atoms with Gasteiger partial charge in [-0.15, -0.1) is 0 Å². The SMILES string of the molecule is CCCCCCCCc1ccc(C(=O)NC(CCN)C(=O)N(C)C2C(=O)NC(C)C(=O)NC(C(=O)O)Cc3ccc(OCCN)c(c3)-c3cc2ccc3OCCN)c(C)c1. The number of aryl methyl sites for hydroxylation is 2. The Labute approximate surface area is 353 Å². The molecule has 4 unspecified atom stereocenters. The standard InChI is InChI=1S/C45H63N7O8/c1-5-6-7-8-9-10-11-30-12-15-33(28(2)24-30)42(54)50-36(18-19-46)44(56)52(4)40-32-14-17-39(60-23-21-48)35(27-32)34-25-31(13-16-38(34)59-22-20-47)26-37(45(57)58)51-41(53)29(3)49-43(40)55/h12-17,24-25,27,29,36-37,40H,5-11,18-23,26,46-48H2,1-4H3,(H,49,55)(H,50,54)(H,51,53)(H,57,58). The molecule has 60 heavy (non-hydrogen) atoms. The Hall–Kier alpha value is -5.51. The maximum atomic E-state index is 14.5. The Bertz CT molecular complexity index is 1960. The van der Waals surface area contributed by atoms with Crippen molar-refractivity contribution in [2.24, 2.45) is 17.2 Å². The van der Waals surface area contributed by atoms with E-state index >= 15 is 0 Å². The number of carboxylic acid groups (broad SMARTS) is 1. The highest BCUT2D eigenvalue weighted by Crippen LogP contribution is 2.40. The van der Waals surface area contributed by atoms with E-state index in [1.807, 2.05) is 19.1 Å². The Morgan fingerprint density at radius 1 is 0.850 bits per heavy atom. The fourth-order valence-corrected chi connectivity index (χ4v) is 7.35.